The van der Waals surface area contributed by atoms with Crippen LogP contribution in [0.25, 0.3) is 58.8 Å². The second-order valence-corrected chi connectivity index (χ2v) is 20.1. The number of para-hydroxylation sites is 2. The molecule has 0 bridgehead atoms. The molecule has 0 atom stereocenters. The Hall–Kier alpha value is -6.01. The Morgan fingerprint density at radius 3 is 2.03 bits per heavy atom. The van der Waals surface area contributed by atoms with Crippen LogP contribution in [0.5, 0.6) is 0 Å². The van der Waals surface area contributed by atoms with E-state index in [1.54, 1.807) is 0 Å². The van der Waals surface area contributed by atoms with Crippen LogP contribution in [0.1, 0.15) is 51.7 Å². The highest BCUT2D eigenvalue weighted by atomic mass is 32.2. The molecular formula is C56H45BN2S2. The lowest BCUT2D eigenvalue weighted by molar-refractivity contribution is 0.589. The number of fused-ring (bicyclic) bond motifs is 10. The van der Waals surface area contributed by atoms with E-state index in [-0.39, 0.29) is 12.1 Å². The fourth-order valence-electron chi connectivity index (χ4n) is 10.3. The maximum absolute atomic E-state index is 2.70. The predicted octanol–water partition coefficient (Wildman–Crippen LogP) is 14.2. The number of aryl methyl sites for hydroxylation is 1. The molecule has 0 fully saturated rings. The van der Waals surface area contributed by atoms with E-state index in [0.29, 0.717) is 0 Å². The van der Waals surface area contributed by atoms with Crippen LogP contribution >= 0.6 is 23.1 Å². The molecule has 0 aliphatic carbocycles. The van der Waals surface area contributed by atoms with Gasteiger partial charge in [-0.3, -0.25) is 0 Å². The molecule has 10 aromatic rings. The summed E-state index contributed by atoms with van der Waals surface area (Å²) in [4.78, 5) is 5.40. The summed E-state index contributed by atoms with van der Waals surface area (Å²) in [6.45, 7) is 9.49. The highest BCUT2D eigenvalue weighted by Crippen LogP contribution is 2.49. The molecule has 2 aliphatic rings. The molecule has 0 N–H and O–H groups in total. The van der Waals surface area contributed by atoms with Crippen molar-refractivity contribution in [2.75, 3.05) is 4.90 Å². The van der Waals surface area contributed by atoms with Crippen LogP contribution in [-0.4, -0.2) is 11.3 Å². The van der Waals surface area contributed by atoms with Crippen LogP contribution in [0.15, 0.2) is 174 Å². The largest absolute Gasteiger partial charge is 0.311 e. The first-order valence-electron chi connectivity index (χ1n) is 21.8. The molecule has 0 saturated carbocycles. The molecule has 2 aliphatic heterocycles. The predicted molar refractivity (Wildman–Crippen MR) is 266 cm³/mol. The number of rotatable bonds is 6. The van der Waals surface area contributed by atoms with Gasteiger partial charge >= 0.3 is 0 Å². The molecule has 0 saturated heterocycles. The third-order valence-corrected chi connectivity index (χ3v) is 15.5. The second-order valence-electron chi connectivity index (χ2n) is 17.9. The molecule has 2 nitrogen and oxygen atoms in total. The fraction of sp³-hybridized carbons (Fsp3) is 0.143. The van der Waals surface area contributed by atoms with Crippen LogP contribution in [0.3, 0.4) is 0 Å². The van der Waals surface area contributed by atoms with Gasteiger partial charge in [-0.15, -0.1) is 11.3 Å². The van der Waals surface area contributed by atoms with E-state index < -0.39 is 0 Å². The molecule has 8 aromatic carbocycles. The zero-order valence-corrected chi connectivity index (χ0v) is 36.6. The molecule has 294 valence electrons. The van der Waals surface area contributed by atoms with Crippen LogP contribution in [-0.2, 0) is 11.8 Å². The second kappa shape index (κ2) is 14.0. The quantitative estimate of drug-likeness (QED) is 0.154. The Morgan fingerprint density at radius 2 is 1.28 bits per heavy atom. The summed E-state index contributed by atoms with van der Waals surface area (Å²) < 4.78 is 5.21. The van der Waals surface area contributed by atoms with Crippen molar-refractivity contribution >= 4 is 105 Å². The van der Waals surface area contributed by atoms with Crippen molar-refractivity contribution in [1.29, 1.82) is 0 Å². The molecule has 12 rings (SSSR count). The van der Waals surface area contributed by atoms with Gasteiger partial charge in [0.2, 0.25) is 6.71 Å². The van der Waals surface area contributed by atoms with Crippen molar-refractivity contribution in [3.05, 3.63) is 175 Å². The number of aromatic nitrogens is 1. The standard InChI is InChI=1S/C56H45BN2S2/c1-5-6-18-41-47(28-30-52-54(41)42-21-12-15-24-50(42)60-52)59-48-34-38(58-45-22-13-10-19-39(45)40-20-11-14-23-46(40)58)26-27-43(48)57-44-31-36(35-16-8-7-9-17-35)25-29-51(44)61-53-33-37(56(2,3)4)32-49(59)55(53)57/h7-17,19-34H,5-6,18H2,1-4H3. The molecule has 2 aromatic heterocycles. The number of anilines is 3. The smallest absolute Gasteiger partial charge is 0.249 e. The van der Waals surface area contributed by atoms with Gasteiger partial charge in [-0.1, -0.05) is 154 Å². The lowest BCUT2D eigenvalue weighted by Crippen LogP contribution is -2.60. The minimum atomic E-state index is -0.0473. The molecule has 0 unspecified atom stereocenters. The van der Waals surface area contributed by atoms with Gasteiger partial charge in [-0.05, 0) is 112 Å². The Bertz CT molecular complexity index is 3330. The summed E-state index contributed by atoms with van der Waals surface area (Å²) in [5.41, 5.74) is 16.9. The number of benzene rings is 8. The van der Waals surface area contributed by atoms with E-state index in [4.69, 9.17) is 0 Å². The summed E-state index contributed by atoms with van der Waals surface area (Å²) in [5.74, 6) is 0. The number of unbranched alkanes of at least 4 members (excludes halogenated alkanes) is 1. The van der Waals surface area contributed by atoms with Gasteiger partial charge in [-0.2, -0.15) is 0 Å². The van der Waals surface area contributed by atoms with E-state index in [0.717, 1.165) is 19.3 Å². The maximum atomic E-state index is 2.70. The third kappa shape index (κ3) is 5.70. The Kier molecular flexibility index (Phi) is 8.46. The van der Waals surface area contributed by atoms with E-state index in [1.165, 1.54) is 113 Å². The van der Waals surface area contributed by atoms with E-state index in [9.17, 15) is 0 Å². The maximum Gasteiger partial charge on any atom is 0.249 e. The first-order valence-corrected chi connectivity index (χ1v) is 23.4. The molecule has 5 heteroatoms. The van der Waals surface area contributed by atoms with Crippen molar-refractivity contribution in [2.24, 2.45) is 0 Å². The zero-order chi connectivity index (χ0) is 41.0. The van der Waals surface area contributed by atoms with Gasteiger partial charge in [0.25, 0.3) is 0 Å². The summed E-state index contributed by atoms with van der Waals surface area (Å²) in [5, 5.41) is 5.34. The average molecular weight is 821 g/mol. The van der Waals surface area contributed by atoms with Gasteiger partial charge < -0.3 is 9.47 Å². The van der Waals surface area contributed by atoms with E-state index >= 15 is 0 Å². The minimum absolute atomic E-state index is 0.0473. The Labute approximate surface area is 366 Å². The monoisotopic (exact) mass is 820 g/mol. The Balaban J connectivity index is 1.20. The van der Waals surface area contributed by atoms with Crippen molar-refractivity contribution in [3.63, 3.8) is 0 Å². The summed E-state index contributed by atoms with van der Waals surface area (Å²) in [6, 6.07) is 62.2. The van der Waals surface area contributed by atoms with Gasteiger partial charge in [0.15, 0.2) is 0 Å². The third-order valence-electron chi connectivity index (χ3n) is 13.2. The number of hydrogen-bond acceptors (Lipinski definition) is 3. The lowest BCUT2D eigenvalue weighted by atomic mass is 9.34. The molecule has 0 amide bonds. The fourth-order valence-corrected chi connectivity index (χ4v) is 12.6. The molecule has 4 heterocycles. The summed E-state index contributed by atoms with van der Waals surface area (Å²) in [6.07, 6.45) is 3.29. The van der Waals surface area contributed by atoms with Crippen LogP contribution in [0, 0.1) is 0 Å². The summed E-state index contributed by atoms with van der Waals surface area (Å²) >= 11 is 3.88. The SMILES string of the molecule is CCCCc1c(N2c3cc(-n4c5ccccc5c5ccccc54)ccc3B3c4cc(-c5ccccc5)ccc4Sc4cc(C(C)(C)C)cc2c43)ccc2sc3ccccc3c12. The normalized spacial score (nSPS) is 13.3. The van der Waals surface area contributed by atoms with E-state index in [1.807, 2.05) is 23.1 Å². The lowest BCUT2D eigenvalue weighted by Gasteiger charge is -2.42. The number of thiophene rings is 1. The van der Waals surface area contributed by atoms with E-state index in [2.05, 4.69) is 201 Å². The molecule has 0 spiro atoms. The van der Waals surface area contributed by atoms with Crippen LogP contribution in [0.4, 0.5) is 17.1 Å². The summed E-state index contributed by atoms with van der Waals surface area (Å²) in [7, 11) is 0. The van der Waals surface area contributed by atoms with Gasteiger partial charge in [0, 0.05) is 63.5 Å². The highest BCUT2D eigenvalue weighted by molar-refractivity contribution is 8.00. The molecular weight excluding hydrogens is 776 g/mol. The first kappa shape index (κ1) is 36.8. The van der Waals surface area contributed by atoms with Crippen molar-refractivity contribution in [3.8, 4) is 16.8 Å². The van der Waals surface area contributed by atoms with Gasteiger partial charge in [-0.25, -0.2) is 0 Å². The Morgan fingerprint density at radius 1 is 0.557 bits per heavy atom. The molecule has 61 heavy (non-hydrogen) atoms. The number of nitrogens with zero attached hydrogens (tertiary/aromatic N) is 2. The first-order chi connectivity index (χ1) is 29.9. The topological polar surface area (TPSA) is 8.17 Å². The minimum Gasteiger partial charge on any atom is -0.311 e. The highest BCUT2D eigenvalue weighted by Gasteiger charge is 2.42. The van der Waals surface area contributed by atoms with Crippen molar-refractivity contribution in [2.45, 2.75) is 62.2 Å². The van der Waals surface area contributed by atoms with Gasteiger partial charge in [0.05, 0.1) is 11.0 Å². The molecule has 0 radical (unpaired) electrons. The zero-order valence-electron chi connectivity index (χ0n) is 35.0. The van der Waals surface area contributed by atoms with Crippen LogP contribution < -0.4 is 21.3 Å². The number of hydrogen-bond donors (Lipinski definition) is 0. The van der Waals surface area contributed by atoms with Crippen LogP contribution in [0.2, 0.25) is 0 Å². The average Bonchev–Trinajstić information content (AvgIpc) is 3.84. The van der Waals surface area contributed by atoms with Crippen molar-refractivity contribution in [1.82, 2.24) is 4.57 Å². The van der Waals surface area contributed by atoms with Crippen molar-refractivity contribution < 1.29 is 0 Å². The van der Waals surface area contributed by atoms with Gasteiger partial charge in [0.1, 0.15) is 0 Å².